The van der Waals surface area contributed by atoms with E-state index in [2.05, 4.69) is 26.6 Å². The van der Waals surface area contributed by atoms with Crippen LogP contribution < -0.4 is 0 Å². The summed E-state index contributed by atoms with van der Waals surface area (Å²) >= 11 is 0. The maximum absolute atomic E-state index is 13.2. The number of methoxy groups -OCH3 is 1. The maximum Gasteiger partial charge on any atom is 0.314 e. The number of fused-ring (bicyclic) bond motifs is 2. The zero-order valence-electron chi connectivity index (χ0n) is 17.4. The van der Waals surface area contributed by atoms with Crippen LogP contribution >= 0.6 is 0 Å². The van der Waals surface area contributed by atoms with Gasteiger partial charge in [-0.1, -0.05) is 30.3 Å². The standard InChI is InChI=1S/C23H31N3O3/c1-3-29-22(27)23(15-18-7-5-4-6-8-18)16-19-9-10-20(23)26(19)17-21-24-11-12-25(21)13-14-28-2/h4-8,11-12,19-20H,3,9-10,13-17H2,1-2H3/t19-,20+,23+/m0/s1. The molecular weight excluding hydrogens is 366 g/mol. The Hall–Kier alpha value is -2.18. The van der Waals surface area contributed by atoms with Crippen LogP contribution in [-0.4, -0.2) is 52.8 Å². The molecule has 1 aromatic carbocycles. The SMILES string of the molecule is CCOC(=O)[C@]1(Cc2ccccc2)C[C@@H]2CC[C@H]1N2Cc1nccn1CCOC. The van der Waals surface area contributed by atoms with Gasteiger partial charge in [0, 0.05) is 38.1 Å². The molecule has 3 heterocycles. The number of imidazole rings is 1. The summed E-state index contributed by atoms with van der Waals surface area (Å²) in [7, 11) is 1.72. The first kappa shape index (κ1) is 20.1. The molecule has 4 rings (SSSR count). The minimum absolute atomic E-state index is 0.0382. The summed E-state index contributed by atoms with van der Waals surface area (Å²) in [4.78, 5) is 20.3. The number of aromatic nitrogens is 2. The van der Waals surface area contributed by atoms with Crippen molar-refractivity contribution in [2.24, 2.45) is 5.41 Å². The number of rotatable bonds is 9. The molecule has 2 saturated heterocycles. The van der Waals surface area contributed by atoms with Crippen LogP contribution in [-0.2, 0) is 33.8 Å². The molecule has 2 bridgehead atoms. The Morgan fingerprint density at radius 1 is 1.28 bits per heavy atom. The van der Waals surface area contributed by atoms with E-state index in [4.69, 9.17) is 9.47 Å². The Balaban J connectivity index is 1.59. The fraction of sp³-hybridized carbons (Fsp3) is 0.565. The smallest absolute Gasteiger partial charge is 0.314 e. The van der Waals surface area contributed by atoms with E-state index in [1.807, 2.05) is 37.5 Å². The van der Waals surface area contributed by atoms with Crippen molar-refractivity contribution >= 4 is 5.97 Å². The number of hydrogen-bond donors (Lipinski definition) is 0. The van der Waals surface area contributed by atoms with Crippen LogP contribution in [0.4, 0.5) is 0 Å². The van der Waals surface area contributed by atoms with Crippen LogP contribution in [0.25, 0.3) is 0 Å². The topological polar surface area (TPSA) is 56.6 Å². The van der Waals surface area contributed by atoms with Gasteiger partial charge in [-0.2, -0.15) is 0 Å². The van der Waals surface area contributed by atoms with Gasteiger partial charge in [-0.3, -0.25) is 9.69 Å². The van der Waals surface area contributed by atoms with E-state index in [1.165, 1.54) is 5.56 Å². The first-order chi connectivity index (χ1) is 14.2. The number of hydrogen-bond acceptors (Lipinski definition) is 5. The second-order valence-electron chi connectivity index (χ2n) is 8.19. The number of carbonyl (C=O) groups excluding carboxylic acids is 1. The van der Waals surface area contributed by atoms with Gasteiger partial charge in [0.05, 0.1) is 25.2 Å². The monoisotopic (exact) mass is 397 g/mol. The number of nitrogens with zero attached hydrogens (tertiary/aromatic N) is 3. The van der Waals surface area contributed by atoms with Gasteiger partial charge in [0.2, 0.25) is 0 Å². The third kappa shape index (κ3) is 3.83. The highest BCUT2D eigenvalue weighted by Gasteiger charge is 2.60. The zero-order valence-corrected chi connectivity index (χ0v) is 17.4. The van der Waals surface area contributed by atoms with Gasteiger partial charge >= 0.3 is 5.97 Å². The summed E-state index contributed by atoms with van der Waals surface area (Å²) < 4.78 is 13.0. The van der Waals surface area contributed by atoms with Gasteiger partial charge in [-0.25, -0.2) is 4.98 Å². The molecular formula is C23H31N3O3. The van der Waals surface area contributed by atoms with Crippen molar-refractivity contribution in [2.45, 2.75) is 57.8 Å². The van der Waals surface area contributed by atoms with E-state index < -0.39 is 5.41 Å². The van der Waals surface area contributed by atoms with Crippen molar-refractivity contribution in [3.8, 4) is 0 Å². The van der Waals surface area contributed by atoms with Crippen molar-refractivity contribution in [1.82, 2.24) is 14.5 Å². The van der Waals surface area contributed by atoms with E-state index in [0.717, 1.165) is 44.6 Å². The molecule has 0 unspecified atom stereocenters. The minimum atomic E-state index is -0.468. The molecule has 6 nitrogen and oxygen atoms in total. The molecule has 29 heavy (non-hydrogen) atoms. The molecule has 2 fully saturated rings. The summed E-state index contributed by atoms with van der Waals surface area (Å²) in [5.74, 6) is 1.00. The number of esters is 1. The number of benzene rings is 1. The molecule has 3 atom stereocenters. The highest BCUT2D eigenvalue weighted by atomic mass is 16.5. The van der Waals surface area contributed by atoms with Gasteiger partial charge in [0.1, 0.15) is 5.82 Å². The molecule has 0 aliphatic carbocycles. The van der Waals surface area contributed by atoms with Crippen molar-refractivity contribution in [3.63, 3.8) is 0 Å². The Labute approximate surface area is 172 Å². The minimum Gasteiger partial charge on any atom is -0.466 e. The van der Waals surface area contributed by atoms with Crippen LogP contribution in [0.3, 0.4) is 0 Å². The lowest BCUT2D eigenvalue weighted by Gasteiger charge is -2.35. The highest BCUT2D eigenvalue weighted by Crippen LogP contribution is 2.52. The van der Waals surface area contributed by atoms with E-state index in [0.29, 0.717) is 19.3 Å². The van der Waals surface area contributed by atoms with Gasteiger partial charge in [-0.05, 0) is 38.2 Å². The summed E-state index contributed by atoms with van der Waals surface area (Å²) in [6, 6.07) is 11.0. The van der Waals surface area contributed by atoms with Gasteiger partial charge in [0.25, 0.3) is 0 Å². The van der Waals surface area contributed by atoms with Crippen molar-refractivity contribution < 1.29 is 14.3 Å². The van der Waals surface area contributed by atoms with E-state index in [1.54, 1.807) is 7.11 Å². The molecule has 156 valence electrons. The highest BCUT2D eigenvalue weighted by molar-refractivity contribution is 5.79. The molecule has 0 saturated carbocycles. The quantitative estimate of drug-likeness (QED) is 0.609. The normalized spacial score (nSPS) is 26.1. The molecule has 0 amide bonds. The number of carbonyl (C=O) groups is 1. The van der Waals surface area contributed by atoms with Crippen LogP contribution in [0.5, 0.6) is 0 Å². The van der Waals surface area contributed by atoms with Crippen molar-refractivity contribution in [3.05, 3.63) is 54.1 Å². The van der Waals surface area contributed by atoms with E-state index >= 15 is 0 Å². The average molecular weight is 398 g/mol. The molecule has 0 N–H and O–H groups in total. The van der Waals surface area contributed by atoms with Crippen molar-refractivity contribution in [1.29, 1.82) is 0 Å². The first-order valence-electron chi connectivity index (χ1n) is 10.6. The lowest BCUT2D eigenvalue weighted by molar-refractivity contribution is -0.157. The van der Waals surface area contributed by atoms with Gasteiger partial charge in [0.15, 0.2) is 0 Å². The predicted octanol–water partition coefficient (Wildman–Crippen LogP) is 3.06. The summed E-state index contributed by atoms with van der Waals surface area (Å²) in [5.41, 5.74) is 0.735. The van der Waals surface area contributed by atoms with Crippen LogP contribution in [0, 0.1) is 5.41 Å². The fourth-order valence-electron chi connectivity index (χ4n) is 5.31. The molecule has 6 heteroatoms. The third-order valence-corrected chi connectivity index (χ3v) is 6.59. The molecule has 2 aliphatic heterocycles. The second-order valence-corrected chi connectivity index (χ2v) is 8.19. The molecule has 2 aromatic rings. The zero-order chi connectivity index (χ0) is 20.3. The fourth-order valence-corrected chi connectivity index (χ4v) is 5.31. The van der Waals surface area contributed by atoms with Gasteiger partial charge in [-0.15, -0.1) is 0 Å². The van der Waals surface area contributed by atoms with E-state index in [9.17, 15) is 4.79 Å². The largest absolute Gasteiger partial charge is 0.466 e. The van der Waals surface area contributed by atoms with Crippen LogP contribution in [0.2, 0.25) is 0 Å². The van der Waals surface area contributed by atoms with Gasteiger partial charge < -0.3 is 14.0 Å². The van der Waals surface area contributed by atoms with Crippen LogP contribution in [0.15, 0.2) is 42.7 Å². The lowest BCUT2D eigenvalue weighted by atomic mass is 9.70. The van der Waals surface area contributed by atoms with E-state index in [-0.39, 0.29) is 12.0 Å². The Bertz CT molecular complexity index is 822. The van der Waals surface area contributed by atoms with Crippen molar-refractivity contribution in [2.75, 3.05) is 20.3 Å². The Kier molecular flexibility index (Phi) is 6.01. The molecule has 0 spiro atoms. The third-order valence-electron chi connectivity index (χ3n) is 6.59. The molecule has 1 aromatic heterocycles. The summed E-state index contributed by atoms with van der Waals surface area (Å²) in [6.45, 7) is 4.54. The number of ether oxygens (including phenoxy) is 2. The lowest BCUT2D eigenvalue weighted by Crippen LogP contribution is -2.46. The maximum atomic E-state index is 13.2. The predicted molar refractivity (Wildman–Crippen MR) is 110 cm³/mol. The average Bonchev–Trinajstić information content (AvgIpc) is 3.42. The Morgan fingerprint density at radius 3 is 2.86 bits per heavy atom. The summed E-state index contributed by atoms with van der Waals surface area (Å²) in [6.07, 6.45) is 7.64. The first-order valence-corrected chi connectivity index (χ1v) is 10.6. The second kappa shape index (κ2) is 8.67. The molecule has 0 radical (unpaired) electrons. The molecule has 2 aliphatic rings. The Morgan fingerprint density at radius 2 is 2.10 bits per heavy atom. The van der Waals surface area contributed by atoms with Crippen LogP contribution in [0.1, 0.15) is 37.6 Å². The summed E-state index contributed by atoms with van der Waals surface area (Å²) in [5, 5.41) is 0.